The molecule has 1 heterocycles. The smallest absolute Gasteiger partial charge is 0.416 e. The summed E-state index contributed by atoms with van der Waals surface area (Å²) in [5, 5.41) is 3.10. The predicted molar refractivity (Wildman–Crippen MR) is 152 cm³/mol. The Labute approximate surface area is 235 Å². The maximum atomic E-state index is 13.1. The molecule has 40 heavy (non-hydrogen) atoms. The zero-order valence-corrected chi connectivity index (χ0v) is 23.6. The van der Waals surface area contributed by atoms with Crippen molar-refractivity contribution < 1.29 is 27.5 Å². The molecule has 1 fully saturated rings. The Bertz CT molecular complexity index is 1110. The first kappa shape index (κ1) is 31.2. The lowest BCUT2D eigenvalue weighted by Crippen LogP contribution is -2.31. The number of nitrogens with one attached hydrogen (secondary N) is 1. The molecule has 2 aromatic carbocycles. The van der Waals surface area contributed by atoms with Gasteiger partial charge in [-0.05, 0) is 54.7 Å². The molecule has 1 N–H and O–H groups in total. The van der Waals surface area contributed by atoms with Crippen LogP contribution in [0.3, 0.4) is 0 Å². The molecule has 1 aliphatic heterocycles. The lowest BCUT2D eigenvalue weighted by molar-refractivity contribution is -0.137. The van der Waals surface area contributed by atoms with Gasteiger partial charge in [0.2, 0.25) is 5.78 Å². The summed E-state index contributed by atoms with van der Waals surface area (Å²) in [6, 6.07) is 12.9. The third-order valence-electron chi connectivity index (χ3n) is 7.09. The van der Waals surface area contributed by atoms with Crippen LogP contribution in [0, 0.1) is 0 Å². The van der Waals surface area contributed by atoms with Gasteiger partial charge in [-0.1, -0.05) is 83.1 Å². The largest absolute Gasteiger partial charge is 0.453 e. The summed E-state index contributed by atoms with van der Waals surface area (Å²) >= 11 is 0. The average molecular weight is 559 g/mol. The van der Waals surface area contributed by atoms with Crippen LogP contribution in [0.2, 0.25) is 0 Å². The molecule has 5 nitrogen and oxygen atoms in total. The number of ether oxygens (including phenoxy) is 1. The summed E-state index contributed by atoms with van der Waals surface area (Å²) in [4.78, 5) is 27.3. The minimum absolute atomic E-state index is 0.0963. The average Bonchev–Trinajstić information content (AvgIpc) is 3.27. The fourth-order valence-electron chi connectivity index (χ4n) is 4.76. The molecule has 0 spiro atoms. The highest BCUT2D eigenvalue weighted by Gasteiger charge is 2.35. The lowest BCUT2D eigenvalue weighted by Gasteiger charge is -2.29. The fourth-order valence-corrected chi connectivity index (χ4v) is 4.76. The molecule has 2 aromatic rings. The summed E-state index contributed by atoms with van der Waals surface area (Å²) in [7, 11) is 0. The molecular formula is C32H41F3N2O3. The maximum absolute atomic E-state index is 13.1. The van der Waals surface area contributed by atoms with Crippen molar-refractivity contribution in [3.05, 3.63) is 76.6 Å². The summed E-state index contributed by atoms with van der Waals surface area (Å²) < 4.78 is 44.4. The van der Waals surface area contributed by atoms with E-state index in [-0.39, 0.29) is 18.0 Å². The number of aryl methyl sites for hydroxylation is 1. The van der Waals surface area contributed by atoms with E-state index in [1.165, 1.54) is 37.0 Å². The molecule has 0 amide bonds. The minimum Gasteiger partial charge on any atom is -0.453 e. The number of esters is 1. The van der Waals surface area contributed by atoms with Crippen molar-refractivity contribution in [2.24, 2.45) is 0 Å². The number of nitrogens with zero attached hydrogens (tertiary/aromatic N) is 1. The zero-order valence-electron chi connectivity index (χ0n) is 23.6. The first-order valence-electron chi connectivity index (χ1n) is 14.4. The molecule has 3 rings (SSSR count). The van der Waals surface area contributed by atoms with Crippen LogP contribution >= 0.6 is 0 Å². The van der Waals surface area contributed by atoms with Crippen LogP contribution in [0.1, 0.15) is 88.3 Å². The van der Waals surface area contributed by atoms with Crippen LogP contribution in [-0.2, 0) is 33.5 Å². The summed E-state index contributed by atoms with van der Waals surface area (Å²) in [5.74, 6) is -0.901. The van der Waals surface area contributed by atoms with Gasteiger partial charge in [-0.2, -0.15) is 13.2 Å². The van der Waals surface area contributed by atoms with E-state index in [4.69, 9.17) is 4.74 Å². The number of halogens is 3. The second-order valence-corrected chi connectivity index (χ2v) is 10.4. The van der Waals surface area contributed by atoms with Gasteiger partial charge in [0.15, 0.2) is 6.61 Å². The van der Waals surface area contributed by atoms with Gasteiger partial charge in [0.25, 0.3) is 0 Å². The summed E-state index contributed by atoms with van der Waals surface area (Å²) in [5.41, 5.74) is 1.76. The van der Waals surface area contributed by atoms with Gasteiger partial charge in [0, 0.05) is 18.8 Å². The third kappa shape index (κ3) is 9.42. The van der Waals surface area contributed by atoms with Crippen molar-refractivity contribution in [2.45, 2.75) is 90.8 Å². The Hall–Kier alpha value is -3.29. The van der Waals surface area contributed by atoms with Gasteiger partial charge in [0.1, 0.15) is 11.4 Å². The molecule has 0 aliphatic carbocycles. The molecular weight excluding hydrogens is 517 g/mol. The molecule has 0 bridgehead atoms. The number of carbonyl (C=O) groups is 2. The monoisotopic (exact) mass is 558 g/mol. The summed E-state index contributed by atoms with van der Waals surface area (Å²) in [6.45, 7) is 4.99. The van der Waals surface area contributed by atoms with Crippen molar-refractivity contribution in [2.75, 3.05) is 18.5 Å². The number of ketones is 1. The van der Waals surface area contributed by atoms with Crippen molar-refractivity contribution in [1.29, 1.82) is 0 Å². The van der Waals surface area contributed by atoms with E-state index < -0.39 is 23.5 Å². The molecule has 0 atom stereocenters. The van der Waals surface area contributed by atoms with Crippen LogP contribution in [-0.4, -0.2) is 29.8 Å². The van der Waals surface area contributed by atoms with Gasteiger partial charge >= 0.3 is 12.1 Å². The molecule has 1 saturated heterocycles. The van der Waals surface area contributed by atoms with Crippen LogP contribution in [0.5, 0.6) is 0 Å². The molecule has 218 valence electrons. The third-order valence-corrected chi connectivity index (χ3v) is 7.09. The second kappa shape index (κ2) is 15.5. The van der Waals surface area contributed by atoms with E-state index in [1.54, 1.807) is 0 Å². The molecule has 8 heteroatoms. The molecule has 1 aliphatic rings. The van der Waals surface area contributed by atoms with E-state index in [2.05, 4.69) is 43.4 Å². The Morgan fingerprint density at radius 2 is 1.43 bits per heavy atom. The number of rotatable bonds is 16. The van der Waals surface area contributed by atoms with Crippen LogP contribution in [0.4, 0.5) is 18.9 Å². The molecule has 0 radical (unpaired) electrons. The number of unbranched alkanes of at least 4 members (excludes halogenated alkanes) is 7. The van der Waals surface area contributed by atoms with Crippen molar-refractivity contribution in [3.8, 4) is 0 Å². The predicted octanol–water partition coefficient (Wildman–Crippen LogP) is 8.05. The lowest BCUT2D eigenvalue weighted by atomic mass is 10.0. The highest BCUT2D eigenvalue weighted by molar-refractivity contribution is 6.22. The molecule has 0 aromatic heterocycles. The quantitative estimate of drug-likeness (QED) is 0.0978. The zero-order chi connectivity index (χ0) is 29.0. The van der Waals surface area contributed by atoms with E-state index in [1.807, 2.05) is 4.90 Å². The van der Waals surface area contributed by atoms with Crippen LogP contribution < -0.4 is 5.32 Å². The van der Waals surface area contributed by atoms with Crippen LogP contribution in [0.25, 0.3) is 0 Å². The number of cyclic esters (lactones) is 1. The number of alkyl halides is 3. The first-order valence-corrected chi connectivity index (χ1v) is 14.4. The Morgan fingerprint density at radius 3 is 2.00 bits per heavy atom. The van der Waals surface area contributed by atoms with Gasteiger partial charge in [-0.15, -0.1) is 0 Å². The van der Waals surface area contributed by atoms with Gasteiger partial charge in [-0.3, -0.25) is 4.79 Å². The van der Waals surface area contributed by atoms with Crippen molar-refractivity contribution >= 4 is 17.4 Å². The second-order valence-electron chi connectivity index (χ2n) is 10.4. The van der Waals surface area contributed by atoms with E-state index >= 15 is 0 Å². The number of carbonyl (C=O) groups excluding carboxylic acids is 2. The van der Waals surface area contributed by atoms with E-state index in [0.29, 0.717) is 18.8 Å². The summed E-state index contributed by atoms with van der Waals surface area (Å²) in [6.07, 6.45) is 6.49. The topological polar surface area (TPSA) is 58.6 Å². The number of benzene rings is 2. The van der Waals surface area contributed by atoms with Crippen molar-refractivity contribution in [1.82, 2.24) is 4.90 Å². The Balaban J connectivity index is 1.88. The number of Topliss-reactive ketones (excluding diaryl/α,β-unsaturated/α-hetero) is 1. The minimum atomic E-state index is -4.46. The number of anilines is 1. The number of hydrogen-bond donors (Lipinski definition) is 1. The standard InChI is InChI=1S/C32H41F3N2O3/c1-3-5-7-9-11-21-37(22-25-15-13-24(14-16-25)12-10-8-6-4-2)30(29-28(38)23-40-31(29)39)36-27-19-17-26(18-20-27)32(33,34)35/h13-20,36H,3-12,21-23H2,1-2H3/b30-29-. The molecule has 0 saturated carbocycles. The fraction of sp³-hybridized carbons (Fsp3) is 0.500. The van der Waals surface area contributed by atoms with Gasteiger partial charge in [-0.25, -0.2) is 4.79 Å². The molecule has 0 unspecified atom stereocenters. The SMILES string of the molecule is CCCCCCCN(Cc1ccc(CCCCCC)cc1)/C(Nc1ccc(C(F)(F)F)cc1)=C1/C(=O)COC1=O. The first-order chi connectivity index (χ1) is 19.2. The normalized spacial score (nSPS) is 14.8. The van der Waals surface area contributed by atoms with Gasteiger partial charge in [0.05, 0.1) is 5.56 Å². The van der Waals surface area contributed by atoms with Gasteiger partial charge < -0.3 is 15.0 Å². The van der Waals surface area contributed by atoms with E-state index in [9.17, 15) is 22.8 Å². The Morgan fingerprint density at radius 1 is 0.825 bits per heavy atom. The maximum Gasteiger partial charge on any atom is 0.416 e. The van der Waals surface area contributed by atoms with Crippen molar-refractivity contribution in [3.63, 3.8) is 0 Å². The van der Waals surface area contributed by atoms with Crippen LogP contribution in [0.15, 0.2) is 59.9 Å². The highest BCUT2D eigenvalue weighted by Crippen LogP contribution is 2.31. The van der Waals surface area contributed by atoms with E-state index in [0.717, 1.165) is 62.6 Å². The highest BCUT2D eigenvalue weighted by atomic mass is 19.4. The Kier molecular flexibility index (Phi) is 12.1. The number of hydrogen-bond acceptors (Lipinski definition) is 5.